The molecule has 3 aromatic heterocycles. The summed E-state index contributed by atoms with van der Waals surface area (Å²) in [5, 5.41) is 0.955. The third-order valence-corrected chi connectivity index (χ3v) is 8.32. The van der Waals surface area contributed by atoms with Crippen LogP contribution in [0.25, 0.3) is 33.6 Å². The van der Waals surface area contributed by atoms with E-state index in [1.165, 1.54) is 17.7 Å². The van der Waals surface area contributed by atoms with Gasteiger partial charge in [0.2, 0.25) is 0 Å². The molecule has 2 N–H and O–H groups in total. The molecule has 1 saturated carbocycles. The molecule has 6 rings (SSSR count). The fraction of sp³-hybridized carbons (Fsp3) is 0.467. The first kappa shape index (κ1) is 26.3. The largest absolute Gasteiger partial charge is 0.494 e. The maximum Gasteiger partial charge on any atom is 0.272 e. The van der Waals surface area contributed by atoms with Crippen LogP contribution in [0.3, 0.4) is 0 Å². The average Bonchev–Trinajstić information content (AvgIpc) is 3.62. The molecule has 1 aromatic carbocycles. The molecule has 40 heavy (non-hydrogen) atoms. The van der Waals surface area contributed by atoms with Crippen LogP contribution < -0.4 is 10.5 Å². The van der Waals surface area contributed by atoms with Crippen LogP contribution in [0.15, 0.2) is 30.3 Å². The van der Waals surface area contributed by atoms with Crippen molar-refractivity contribution < 1.29 is 14.3 Å². The van der Waals surface area contributed by atoms with Gasteiger partial charge in [0.05, 0.1) is 18.3 Å². The van der Waals surface area contributed by atoms with Gasteiger partial charge in [0.15, 0.2) is 5.82 Å². The lowest BCUT2D eigenvalue weighted by Crippen LogP contribution is -2.50. The monoisotopic (exact) mass is 543 g/mol. The highest BCUT2D eigenvalue weighted by molar-refractivity contribution is 6.00. The Morgan fingerprint density at radius 2 is 1.88 bits per heavy atom. The zero-order valence-corrected chi connectivity index (χ0v) is 23.8. The highest BCUT2D eigenvalue weighted by atomic mass is 16.5. The minimum Gasteiger partial charge on any atom is -0.494 e. The van der Waals surface area contributed by atoms with E-state index in [4.69, 9.17) is 20.4 Å². The summed E-state index contributed by atoms with van der Waals surface area (Å²) in [6, 6.07) is 9.60. The molecule has 0 bridgehead atoms. The Morgan fingerprint density at radius 1 is 1.10 bits per heavy atom. The quantitative estimate of drug-likeness (QED) is 0.397. The SMILES string of the molecule is COc1cc(C(=O)N2C[C@H](N)CC[C@@H]2C)cc2nc(-c3cc4ccc(C(=O)N(C)C)nc4n3CC3CC3)n(C)c12. The number of hydrogen-bond acceptors (Lipinski definition) is 6. The summed E-state index contributed by atoms with van der Waals surface area (Å²) in [4.78, 5) is 39.5. The molecule has 210 valence electrons. The lowest BCUT2D eigenvalue weighted by atomic mass is 9.99. The van der Waals surface area contributed by atoms with Gasteiger partial charge in [-0.2, -0.15) is 0 Å². The standard InChI is InChI=1S/C30H37N7O3/c1-17-6-10-21(31)16-36(17)29(38)20-12-23-26(25(14-20)40-5)35(4)28(33-23)24-13-19-9-11-22(30(39)34(2)3)32-27(19)37(24)15-18-7-8-18/h9,11-14,17-18,21H,6-8,10,15-16,31H2,1-5H3/t17-,21+/m0/s1. The Kier molecular flexibility index (Phi) is 6.53. The molecule has 1 aliphatic carbocycles. The second kappa shape index (κ2) is 9.92. The maximum absolute atomic E-state index is 13.6. The molecule has 10 heteroatoms. The molecular weight excluding hydrogens is 506 g/mol. The number of hydrogen-bond donors (Lipinski definition) is 1. The predicted molar refractivity (Wildman–Crippen MR) is 154 cm³/mol. The number of pyridine rings is 1. The van der Waals surface area contributed by atoms with Crippen LogP contribution in [-0.4, -0.2) is 80.5 Å². The number of nitrogens with two attached hydrogens (primary N) is 1. The van der Waals surface area contributed by atoms with Gasteiger partial charge >= 0.3 is 0 Å². The van der Waals surface area contributed by atoms with E-state index in [2.05, 4.69) is 17.6 Å². The molecule has 10 nitrogen and oxygen atoms in total. The van der Waals surface area contributed by atoms with E-state index in [0.717, 1.165) is 47.5 Å². The Labute approximate surface area is 233 Å². The van der Waals surface area contributed by atoms with Crippen molar-refractivity contribution in [1.29, 1.82) is 0 Å². The summed E-state index contributed by atoms with van der Waals surface area (Å²) in [6.45, 7) is 3.42. The number of rotatable bonds is 6. The number of likely N-dealkylation sites (tertiary alicyclic amines) is 1. The van der Waals surface area contributed by atoms with Gasteiger partial charge in [-0.05, 0) is 68.9 Å². The zero-order chi connectivity index (χ0) is 28.3. The number of benzene rings is 1. The van der Waals surface area contributed by atoms with Crippen molar-refractivity contribution in [2.75, 3.05) is 27.7 Å². The lowest BCUT2D eigenvalue weighted by molar-refractivity contribution is 0.0612. The van der Waals surface area contributed by atoms with Crippen molar-refractivity contribution in [2.24, 2.45) is 18.7 Å². The zero-order valence-electron chi connectivity index (χ0n) is 23.8. The minimum atomic E-state index is -0.128. The highest BCUT2D eigenvalue weighted by Crippen LogP contribution is 2.38. The van der Waals surface area contributed by atoms with Gasteiger partial charge < -0.3 is 29.4 Å². The number of carbonyl (C=O) groups excluding carboxylic acids is 2. The van der Waals surface area contributed by atoms with Crippen molar-refractivity contribution in [2.45, 2.75) is 51.2 Å². The van der Waals surface area contributed by atoms with Gasteiger partial charge in [0.25, 0.3) is 11.8 Å². The van der Waals surface area contributed by atoms with Crippen molar-refractivity contribution in [3.05, 3.63) is 41.6 Å². The fourth-order valence-electron chi connectivity index (χ4n) is 5.81. The van der Waals surface area contributed by atoms with E-state index in [9.17, 15) is 9.59 Å². The van der Waals surface area contributed by atoms with Crippen molar-refractivity contribution >= 4 is 33.9 Å². The summed E-state index contributed by atoms with van der Waals surface area (Å²) in [5.41, 5.74) is 10.4. The molecular formula is C30H37N7O3. The molecule has 0 radical (unpaired) electrons. The first-order valence-electron chi connectivity index (χ1n) is 14.0. The van der Waals surface area contributed by atoms with Crippen LogP contribution in [0, 0.1) is 5.92 Å². The predicted octanol–water partition coefficient (Wildman–Crippen LogP) is 3.66. The first-order valence-corrected chi connectivity index (χ1v) is 14.0. The van der Waals surface area contributed by atoms with Crippen LogP contribution >= 0.6 is 0 Å². The number of fused-ring (bicyclic) bond motifs is 2. The number of piperidine rings is 1. The molecule has 2 atom stereocenters. The molecule has 4 heterocycles. The maximum atomic E-state index is 13.6. The van der Waals surface area contributed by atoms with Gasteiger partial charge in [-0.15, -0.1) is 0 Å². The Balaban J connectivity index is 1.48. The van der Waals surface area contributed by atoms with E-state index >= 15 is 0 Å². The van der Waals surface area contributed by atoms with Crippen LogP contribution in [-0.2, 0) is 13.6 Å². The Morgan fingerprint density at radius 3 is 2.58 bits per heavy atom. The molecule has 1 aliphatic heterocycles. The third-order valence-electron chi connectivity index (χ3n) is 8.32. The molecule has 1 saturated heterocycles. The molecule has 2 aliphatic rings. The van der Waals surface area contributed by atoms with E-state index in [1.54, 1.807) is 27.3 Å². The van der Waals surface area contributed by atoms with Crippen LogP contribution in [0.5, 0.6) is 5.75 Å². The van der Waals surface area contributed by atoms with Gasteiger partial charge in [-0.25, -0.2) is 9.97 Å². The number of ether oxygens (including phenoxy) is 1. The number of aryl methyl sites for hydroxylation is 1. The number of amides is 2. The first-order chi connectivity index (χ1) is 19.2. The van der Waals surface area contributed by atoms with Crippen molar-refractivity contribution in [3.63, 3.8) is 0 Å². The summed E-state index contributed by atoms with van der Waals surface area (Å²) in [6.07, 6.45) is 4.17. The van der Waals surface area contributed by atoms with Crippen LogP contribution in [0.2, 0.25) is 0 Å². The molecule has 4 aromatic rings. The van der Waals surface area contributed by atoms with Gasteiger partial charge in [-0.3, -0.25) is 9.59 Å². The Bertz CT molecular complexity index is 1630. The van der Waals surface area contributed by atoms with E-state index in [-0.39, 0.29) is 23.9 Å². The van der Waals surface area contributed by atoms with Crippen LogP contribution in [0.1, 0.15) is 53.5 Å². The molecule has 0 unspecified atom stereocenters. The average molecular weight is 544 g/mol. The second-order valence-corrected chi connectivity index (χ2v) is 11.6. The summed E-state index contributed by atoms with van der Waals surface area (Å²) in [5.74, 6) is 1.75. The lowest BCUT2D eigenvalue weighted by Gasteiger charge is -2.36. The molecule has 0 spiro atoms. The number of imidazole rings is 1. The van der Waals surface area contributed by atoms with E-state index in [0.29, 0.717) is 35.0 Å². The summed E-state index contributed by atoms with van der Waals surface area (Å²) in [7, 11) is 7.05. The summed E-state index contributed by atoms with van der Waals surface area (Å²) < 4.78 is 10.0. The summed E-state index contributed by atoms with van der Waals surface area (Å²) >= 11 is 0. The molecule has 2 amide bonds. The van der Waals surface area contributed by atoms with Crippen molar-refractivity contribution in [3.8, 4) is 17.3 Å². The minimum absolute atomic E-state index is 0.0113. The van der Waals surface area contributed by atoms with Gasteiger partial charge in [0, 0.05) is 57.3 Å². The van der Waals surface area contributed by atoms with Gasteiger partial charge in [0.1, 0.15) is 22.6 Å². The third kappa shape index (κ3) is 4.50. The fourth-order valence-corrected chi connectivity index (χ4v) is 5.81. The topological polar surface area (TPSA) is 112 Å². The van der Waals surface area contributed by atoms with Crippen molar-refractivity contribution in [1.82, 2.24) is 28.9 Å². The number of nitrogens with zero attached hydrogens (tertiary/aromatic N) is 6. The molecule has 2 fully saturated rings. The Hall–Kier alpha value is -3.92. The number of methoxy groups -OCH3 is 1. The van der Waals surface area contributed by atoms with Gasteiger partial charge in [-0.1, -0.05) is 0 Å². The highest BCUT2D eigenvalue weighted by Gasteiger charge is 2.30. The van der Waals surface area contributed by atoms with E-state index in [1.807, 2.05) is 34.7 Å². The number of carbonyl (C=O) groups is 2. The second-order valence-electron chi connectivity index (χ2n) is 11.6. The van der Waals surface area contributed by atoms with E-state index < -0.39 is 0 Å². The number of aromatic nitrogens is 4. The van der Waals surface area contributed by atoms with Crippen LogP contribution in [0.4, 0.5) is 0 Å². The normalized spacial score (nSPS) is 19.4. The smallest absolute Gasteiger partial charge is 0.272 e.